The van der Waals surface area contributed by atoms with Crippen molar-refractivity contribution in [2.45, 2.75) is 19.3 Å². The molecule has 5 rings (SSSR count). The van der Waals surface area contributed by atoms with Gasteiger partial charge in [-0.3, -0.25) is 4.79 Å². The molecule has 0 unspecified atom stereocenters. The van der Waals surface area contributed by atoms with Crippen LogP contribution in [0.5, 0.6) is 0 Å². The minimum Gasteiger partial charge on any atom is -0.353 e. The van der Waals surface area contributed by atoms with E-state index < -0.39 is 0 Å². The van der Waals surface area contributed by atoms with Gasteiger partial charge in [0.15, 0.2) is 5.71 Å². The Morgan fingerprint density at radius 2 is 1.92 bits per heavy atom. The number of carbonyl (C=O) groups is 1. The molecule has 5 nitrogen and oxygen atoms in total. The first-order chi connectivity index (χ1) is 12.7. The van der Waals surface area contributed by atoms with Crippen LogP contribution in [0.4, 0.5) is 5.69 Å². The second-order valence-electron chi connectivity index (χ2n) is 6.52. The third-order valence-corrected chi connectivity index (χ3v) is 5.41. The number of amides is 1. The normalized spacial score (nSPS) is 19.0. The Morgan fingerprint density at radius 3 is 2.85 bits per heavy atom. The van der Waals surface area contributed by atoms with Gasteiger partial charge < -0.3 is 10.3 Å². The van der Waals surface area contributed by atoms with Crippen LogP contribution in [0.3, 0.4) is 0 Å². The van der Waals surface area contributed by atoms with E-state index in [4.69, 9.17) is 0 Å². The Kier molecular flexibility index (Phi) is 3.53. The summed E-state index contributed by atoms with van der Waals surface area (Å²) in [6.45, 7) is 0. The van der Waals surface area contributed by atoms with Crippen LogP contribution in [0, 0.1) is 0 Å². The summed E-state index contributed by atoms with van der Waals surface area (Å²) >= 11 is 3.45. The number of carbonyl (C=O) groups excluding carboxylic acids is 1. The summed E-state index contributed by atoms with van der Waals surface area (Å²) in [5, 5.41) is 12.9. The molecule has 0 spiro atoms. The molecule has 2 aliphatic rings. The maximum atomic E-state index is 12.3. The number of benzene rings is 2. The maximum Gasteiger partial charge on any atom is 0.276 e. The third-order valence-electron chi connectivity index (χ3n) is 4.91. The number of hydrogen-bond donors (Lipinski definition) is 2. The topological polar surface area (TPSA) is 69.6 Å². The van der Waals surface area contributed by atoms with Crippen LogP contribution >= 0.6 is 15.9 Å². The predicted molar refractivity (Wildman–Crippen MR) is 107 cm³/mol. The molecule has 0 radical (unpaired) electrons. The van der Waals surface area contributed by atoms with Gasteiger partial charge in [-0.1, -0.05) is 34.1 Å². The van der Waals surface area contributed by atoms with Crippen molar-refractivity contribution in [1.82, 2.24) is 4.98 Å². The number of fused-ring (bicyclic) bond motifs is 4. The number of H-pyrrole nitrogens is 1. The van der Waals surface area contributed by atoms with Crippen molar-refractivity contribution in [1.29, 1.82) is 0 Å². The first kappa shape index (κ1) is 15.5. The highest BCUT2D eigenvalue weighted by molar-refractivity contribution is 9.10. The molecule has 6 heteroatoms. The molecule has 1 aliphatic carbocycles. The lowest BCUT2D eigenvalue weighted by molar-refractivity contribution is -0.110. The van der Waals surface area contributed by atoms with E-state index >= 15 is 0 Å². The molecule has 2 aromatic carbocycles. The van der Waals surface area contributed by atoms with Crippen LogP contribution in [-0.2, 0) is 11.2 Å². The second-order valence-corrected chi connectivity index (χ2v) is 7.43. The highest BCUT2D eigenvalue weighted by Gasteiger charge is 2.27. The predicted octanol–water partition coefficient (Wildman–Crippen LogP) is 4.41. The number of aromatic nitrogens is 1. The largest absolute Gasteiger partial charge is 0.353 e. The lowest BCUT2D eigenvalue weighted by atomic mass is 9.94. The average molecular weight is 407 g/mol. The number of halogens is 1. The number of aryl methyl sites for hydroxylation is 1. The van der Waals surface area contributed by atoms with E-state index in [1.54, 1.807) is 0 Å². The molecule has 2 N–H and O–H groups in total. The van der Waals surface area contributed by atoms with Gasteiger partial charge in [0, 0.05) is 20.9 Å². The van der Waals surface area contributed by atoms with Crippen LogP contribution < -0.4 is 5.32 Å². The fourth-order valence-electron chi connectivity index (χ4n) is 3.70. The number of hydrogen-bond acceptors (Lipinski definition) is 3. The Labute approximate surface area is 158 Å². The van der Waals surface area contributed by atoms with Gasteiger partial charge in [0.2, 0.25) is 0 Å². The number of rotatable bonds is 1. The number of aromatic amines is 1. The maximum absolute atomic E-state index is 12.3. The molecule has 0 saturated heterocycles. The Hall–Kier alpha value is -2.73. The van der Waals surface area contributed by atoms with Crippen molar-refractivity contribution < 1.29 is 4.79 Å². The molecule has 0 bridgehead atoms. The summed E-state index contributed by atoms with van der Waals surface area (Å²) in [4.78, 5) is 15.7. The molecule has 0 atom stereocenters. The summed E-state index contributed by atoms with van der Waals surface area (Å²) in [5.41, 5.74) is 6.28. The zero-order valence-corrected chi connectivity index (χ0v) is 15.4. The van der Waals surface area contributed by atoms with Crippen molar-refractivity contribution in [2.24, 2.45) is 10.2 Å². The van der Waals surface area contributed by atoms with Crippen LogP contribution in [0.25, 0.3) is 10.9 Å². The van der Waals surface area contributed by atoms with Crippen molar-refractivity contribution in [3.63, 3.8) is 0 Å². The number of nitrogens with one attached hydrogen (secondary N) is 2. The molecule has 2 heterocycles. The highest BCUT2D eigenvalue weighted by Crippen LogP contribution is 2.30. The lowest BCUT2D eigenvalue weighted by Crippen LogP contribution is -2.15. The Morgan fingerprint density at radius 1 is 1.04 bits per heavy atom. The van der Waals surface area contributed by atoms with E-state index in [0.29, 0.717) is 5.71 Å². The van der Waals surface area contributed by atoms with Crippen LogP contribution in [0.15, 0.2) is 57.1 Å². The molecule has 1 aromatic heterocycles. The van der Waals surface area contributed by atoms with Crippen LogP contribution in [0.1, 0.15) is 29.7 Å². The molecule has 0 saturated carbocycles. The summed E-state index contributed by atoms with van der Waals surface area (Å²) in [5.74, 6) is -0.213. The van der Waals surface area contributed by atoms with Crippen molar-refractivity contribution in [3.05, 3.63) is 63.8 Å². The van der Waals surface area contributed by atoms with Crippen molar-refractivity contribution in [3.8, 4) is 0 Å². The fraction of sp³-hybridized carbons (Fsp3) is 0.150. The summed E-state index contributed by atoms with van der Waals surface area (Å²) in [6, 6.07) is 13.9. The smallest absolute Gasteiger partial charge is 0.276 e. The minimum atomic E-state index is -0.213. The van der Waals surface area contributed by atoms with Crippen molar-refractivity contribution in [2.75, 3.05) is 5.32 Å². The highest BCUT2D eigenvalue weighted by atomic mass is 79.9. The zero-order valence-electron chi connectivity index (χ0n) is 13.8. The standard InChI is InChI=1S/C20H15BrN4O/c21-11-8-9-16-14(10-11)19(20(26)23-16)25-24-17-7-3-5-13-12-4-1-2-6-15(12)22-18(13)17/h1-2,4,6,8-10,22H,3,5,7H2,(H,23,25,26). The van der Waals surface area contributed by atoms with E-state index in [-0.39, 0.29) is 5.91 Å². The zero-order chi connectivity index (χ0) is 17.7. The lowest BCUT2D eigenvalue weighted by Gasteiger charge is -2.12. The SMILES string of the molecule is O=C1Nc2ccc(Br)cc2/C1=N/N=C1CCCc2c1[nH]c1ccccc21. The number of para-hydroxylation sites is 1. The van der Waals surface area contributed by atoms with E-state index in [1.807, 2.05) is 24.3 Å². The van der Waals surface area contributed by atoms with Crippen molar-refractivity contribution >= 4 is 49.9 Å². The molecule has 26 heavy (non-hydrogen) atoms. The summed E-state index contributed by atoms with van der Waals surface area (Å²) in [7, 11) is 0. The monoisotopic (exact) mass is 406 g/mol. The van der Waals surface area contributed by atoms with Crippen LogP contribution in [0.2, 0.25) is 0 Å². The van der Waals surface area contributed by atoms with Gasteiger partial charge in [0.1, 0.15) is 0 Å². The molecule has 0 fully saturated rings. The van der Waals surface area contributed by atoms with Gasteiger partial charge in [0.25, 0.3) is 5.91 Å². The van der Waals surface area contributed by atoms with E-state index in [1.165, 1.54) is 10.9 Å². The second kappa shape index (κ2) is 5.92. The summed E-state index contributed by atoms with van der Waals surface area (Å²) in [6.07, 6.45) is 2.92. The summed E-state index contributed by atoms with van der Waals surface area (Å²) < 4.78 is 0.906. The van der Waals surface area contributed by atoms with Gasteiger partial charge >= 0.3 is 0 Å². The number of anilines is 1. The van der Waals surface area contributed by atoms with Gasteiger partial charge in [0.05, 0.1) is 17.1 Å². The van der Waals surface area contributed by atoms with E-state index in [0.717, 1.165) is 51.9 Å². The quantitative estimate of drug-likeness (QED) is 0.577. The van der Waals surface area contributed by atoms with Gasteiger partial charge in [-0.2, -0.15) is 5.10 Å². The molecule has 1 aliphatic heterocycles. The van der Waals surface area contributed by atoms with E-state index in [2.05, 4.69) is 54.6 Å². The average Bonchev–Trinajstić information content (AvgIpc) is 3.17. The van der Waals surface area contributed by atoms with Gasteiger partial charge in [-0.15, -0.1) is 5.10 Å². The van der Waals surface area contributed by atoms with Gasteiger partial charge in [-0.05, 0) is 49.1 Å². The first-order valence-corrected chi connectivity index (χ1v) is 9.36. The van der Waals surface area contributed by atoms with Gasteiger partial charge in [-0.25, -0.2) is 0 Å². The molecular weight excluding hydrogens is 392 g/mol. The first-order valence-electron chi connectivity index (χ1n) is 8.56. The Bertz CT molecular complexity index is 1130. The molecular formula is C20H15BrN4O. The molecule has 1 amide bonds. The Balaban J connectivity index is 1.60. The third kappa shape index (κ3) is 2.41. The van der Waals surface area contributed by atoms with Crippen LogP contribution in [-0.4, -0.2) is 22.3 Å². The number of nitrogens with zero attached hydrogens (tertiary/aromatic N) is 2. The van der Waals surface area contributed by atoms with E-state index in [9.17, 15) is 4.79 Å². The molecule has 128 valence electrons. The minimum absolute atomic E-state index is 0.213. The molecule has 3 aromatic rings. The fourth-order valence-corrected chi connectivity index (χ4v) is 4.06.